The van der Waals surface area contributed by atoms with Crippen molar-refractivity contribution < 1.29 is 0 Å². The van der Waals surface area contributed by atoms with Crippen LogP contribution >= 0.6 is 0 Å². The summed E-state index contributed by atoms with van der Waals surface area (Å²) in [6.07, 6.45) is 9.97. The Hall–Kier alpha value is -1.54. The van der Waals surface area contributed by atoms with Crippen LogP contribution in [0.4, 0.5) is 0 Å². The lowest BCUT2D eigenvalue weighted by molar-refractivity contribution is 0.339. The van der Waals surface area contributed by atoms with E-state index in [9.17, 15) is 5.26 Å². The molecule has 14 heavy (non-hydrogen) atoms. The van der Waals surface area contributed by atoms with Gasteiger partial charge in [-0.3, -0.25) is 0 Å². The molecule has 2 heteroatoms. The molecule has 2 nitrogen and oxygen atoms in total. The first-order valence-corrected chi connectivity index (χ1v) is 4.93. The van der Waals surface area contributed by atoms with E-state index in [0.717, 1.165) is 12.8 Å². The number of hydrogen-bond donors (Lipinski definition) is 0. The quantitative estimate of drug-likeness (QED) is 0.680. The van der Waals surface area contributed by atoms with Crippen LogP contribution in [0.1, 0.15) is 26.2 Å². The second-order valence-electron chi connectivity index (χ2n) is 3.61. The van der Waals surface area contributed by atoms with Crippen LogP contribution in [0.3, 0.4) is 0 Å². The highest BCUT2D eigenvalue weighted by atomic mass is 14.4. The van der Waals surface area contributed by atoms with E-state index in [1.807, 2.05) is 24.3 Å². The summed E-state index contributed by atoms with van der Waals surface area (Å²) in [5.41, 5.74) is -0.445. The molecule has 0 bridgehead atoms. The second kappa shape index (κ2) is 4.63. The van der Waals surface area contributed by atoms with Crippen molar-refractivity contribution in [1.29, 1.82) is 10.5 Å². The lowest BCUT2D eigenvalue weighted by Gasteiger charge is -2.30. The molecule has 1 rings (SSSR count). The molecule has 0 saturated heterocycles. The van der Waals surface area contributed by atoms with Crippen molar-refractivity contribution in [3.05, 3.63) is 24.3 Å². The van der Waals surface area contributed by atoms with E-state index in [4.69, 9.17) is 5.26 Å². The number of nitrogens with zero attached hydrogens (tertiary/aromatic N) is 2. The summed E-state index contributed by atoms with van der Waals surface area (Å²) in [4.78, 5) is 0. The van der Waals surface area contributed by atoms with Gasteiger partial charge in [-0.15, -0.1) is 0 Å². The van der Waals surface area contributed by atoms with Crippen molar-refractivity contribution in [2.24, 2.45) is 11.3 Å². The largest absolute Gasteiger partial charge is 0.198 e. The summed E-state index contributed by atoms with van der Waals surface area (Å²) < 4.78 is 0. The fourth-order valence-electron chi connectivity index (χ4n) is 1.93. The molecular formula is C12H14N2. The van der Waals surface area contributed by atoms with Crippen molar-refractivity contribution in [3.8, 4) is 12.1 Å². The summed E-state index contributed by atoms with van der Waals surface area (Å²) in [6.45, 7) is 2.06. The van der Waals surface area contributed by atoms with Gasteiger partial charge in [-0.05, 0) is 6.42 Å². The van der Waals surface area contributed by atoms with Crippen molar-refractivity contribution >= 4 is 0 Å². The molecule has 0 aliphatic heterocycles. The van der Waals surface area contributed by atoms with E-state index >= 15 is 0 Å². The first kappa shape index (κ1) is 10.5. The minimum absolute atomic E-state index is 0.0578. The zero-order valence-corrected chi connectivity index (χ0v) is 8.40. The Kier molecular flexibility index (Phi) is 3.48. The normalized spacial score (nSPS) is 29.5. The van der Waals surface area contributed by atoms with Gasteiger partial charge in [-0.1, -0.05) is 37.6 Å². The Morgan fingerprint density at radius 2 is 2.14 bits per heavy atom. The average molecular weight is 186 g/mol. The highest BCUT2D eigenvalue weighted by Gasteiger charge is 2.35. The Morgan fingerprint density at radius 3 is 2.71 bits per heavy atom. The van der Waals surface area contributed by atoms with Crippen molar-refractivity contribution in [2.45, 2.75) is 26.2 Å². The Labute approximate surface area is 85.2 Å². The molecule has 2 unspecified atom stereocenters. The molecule has 1 aliphatic rings. The lowest BCUT2D eigenvalue weighted by atomic mass is 9.70. The molecule has 0 aromatic carbocycles. The highest BCUT2D eigenvalue weighted by Crippen LogP contribution is 2.39. The van der Waals surface area contributed by atoms with E-state index in [0.29, 0.717) is 6.42 Å². The number of rotatable bonds is 3. The molecule has 2 atom stereocenters. The maximum atomic E-state index is 9.23. The van der Waals surface area contributed by atoms with Gasteiger partial charge >= 0.3 is 0 Å². The Balaban J connectivity index is 2.92. The van der Waals surface area contributed by atoms with Gasteiger partial charge in [0.05, 0.1) is 17.6 Å². The first-order valence-electron chi connectivity index (χ1n) is 4.93. The zero-order chi connectivity index (χ0) is 10.4. The van der Waals surface area contributed by atoms with E-state index in [1.54, 1.807) is 0 Å². The van der Waals surface area contributed by atoms with E-state index in [2.05, 4.69) is 19.1 Å². The third-order valence-electron chi connectivity index (χ3n) is 2.69. The number of hydrogen-bond acceptors (Lipinski definition) is 2. The van der Waals surface area contributed by atoms with Gasteiger partial charge in [0.1, 0.15) is 0 Å². The molecule has 0 aromatic heterocycles. The molecule has 0 spiro atoms. The Bertz CT molecular complexity index is 327. The van der Waals surface area contributed by atoms with Crippen LogP contribution in [0, 0.1) is 34.0 Å². The van der Waals surface area contributed by atoms with Crippen molar-refractivity contribution in [2.75, 3.05) is 0 Å². The monoisotopic (exact) mass is 186 g/mol. The average Bonchev–Trinajstić information content (AvgIpc) is 2.22. The summed E-state index contributed by atoms with van der Waals surface area (Å²) in [5, 5.41) is 17.9. The predicted octanol–water partition coefficient (Wildman–Crippen LogP) is 2.95. The van der Waals surface area contributed by atoms with Crippen LogP contribution in [-0.4, -0.2) is 0 Å². The molecule has 0 radical (unpaired) electrons. The van der Waals surface area contributed by atoms with Gasteiger partial charge in [-0.2, -0.15) is 10.5 Å². The van der Waals surface area contributed by atoms with E-state index < -0.39 is 5.41 Å². The standard InChI is InChI=1S/C12H14N2/c1-2-7-12(10-14)8-4-3-5-11(12)6-9-13/h3-5,8,11H,2,6-7H2,1H3. The third-order valence-corrected chi connectivity index (χ3v) is 2.69. The molecule has 1 aliphatic carbocycles. The smallest absolute Gasteiger partial charge is 0.0828 e. The summed E-state index contributed by atoms with van der Waals surface area (Å²) in [6, 6.07) is 4.51. The third kappa shape index (κ3) is 1.86. The fourth-order valence-corrected chi connectivity index (χ4v) is 1.93. The van der Waals surface area contributed by atoms with Gasteiger partial charge in [0.15, 0.2) is 0 Å². The SMILES string of the molecule is CCCC1(C#N)C=CC=CC1CC#N. The van der Waals surface area contributed by atoms with Crippen molar-refractivity contribution in [3.63, 3.8) is 0 Å². The van der Waals surface area contributed by atoms with Gasteiger partial charge in [0.25, 0.3) is 0 Å². The van der Waals surface area contributed by atoms with Gasteiger partial charge in [0, 0.05) is 12.3 Å². The maximum Gasteiger partial charge on any atom is 0.0828 e. The first-order chi connectivity index (χ1) is 6.79. The molecule has 0 heterocycles. The van der Waals surface area contributed by atoms with Crippen LogP contribution in [-0.2, 0) is 0 Å². The maximum absolute atomic E-state index is 9.23. The van der Waals surface area contributed by atoms with Crippen LogP contribution in [0.2, 0.25) is 0 Å². The molecule has 0 amide bonds. The highest BCUT2D eigenvalue weighted by molar-refractivity contribution is 5.27. The van der Waals surface area contributed by atoms with Gasteiger partial charge in [-0.25, -0.2) is 0 Å². The predicted molar refractivity (Wildman–Crippen MR) is 55.0 cm³/mol. The van der Waals surface area contributed by atoms with Crippen LogP contribution in [0.5, 0.6) is 0 Å². The van der Waals surface area contributed by atoms with Gasteiger partial charge < -0.3 is 0 Å². The lowest BCUT2D eigenvalue weighted by Crippen LogP contribution is -2.26. The molecule has 0 saturated carbocycles. The van der Waals surface area contributed by atoms with Crippen molar-refractivity contribution in [1.82, 2.24) is 0 Å². The molecule has 72 valence electrons. The Morgan fingerprint density at radius 1 is 1.36 bits per heavy atom. The summed E-state index contributed by atoms with van der Waals surface area (Å²) >= 11 is 0. The summed E-state index contributed by atoms with van der Waals surface area (Å²) in [5.74, 6) is 0.0578. The second-order valence-corrected chi connectivity index (χ2v) is 3.61. The zero-order valence-electron chi connectivity index (χ0n) is 8.40. The molecule has 0 fully saturated rings. The minimum Gasteiger partial charge on any atom is -0.198 e. The molecule has 0 N–H and O–H groups in total. The van der Waals surface area contributed by atoms with E-state index in [1.165, 1.54) is 0 Å². The van der Waals surface area contributed by atoms with Crippen LogP contribution in [0.25, 0.3) is 0 Å². The minimum atomic E-state index is -0.445. The molecule has 0 aromatic rings. The van der Waals surface area contributed by atoms with Gasteiger partial charge in [0.2, 0.25) is 0 Å². The topological polar surface area (TPSA) is 47.6 Å². The van der Waals surface area contributed by atoms with Crippen LogP contribution < -0.4 is 0 Å². The summed E-state index contributed by atoms with van der Waals surface area (Å²) in [7, 11) is 0. The number of nitriles is 2. The van der Waals surface area contributed by atoms with Crippen LogP contribution in [0.15, 0.2) is 24.3 Å². The number of allylic oxidation sites excluding steroid dienone is 4. The van der Waals surface area contributed by atoms with E-state index in [-0.39, 0.29) is 5.92 Å². The molecular weight excluding hydrogens is 172 g/mol. The fraction of sp³-hybridized carbons (Fsp3) is 0.500.